The van der Waals surface area contributed by atoms with Gasteiger partial charge in [-0.2, -0.15) is 4.98 Å². The van der Waals surface area contributed by atoms with Gasteiger partial charge in [-0.25, -0.2) is 14.4 Å². The van der Waals surface area contributed by atoms with E-state index in [1.54, 1.807) is 10.6 Å². The summed E-state index contributed by atoms with van der Waals surface area (Å²) in [6, 6.07) is 4.42. The highest BCUT2D eigenvalue weighted by atomic mass is 19.1. The second-order valence-corrected chi connectivity index (χ2v) is 4.35. The van der Waals surface area contributed by atoms with Crippen LogP contribution in [0.1, 0.15) is 12.7 Å². The van der Waals surface area contributed by atoms with Crippen molar-refractivity contribution in [1.29, 1.82) is 0 Å². The van der Waals surface area contributed by atoms with Gasteiger partial charge in [0.25, 0.3) is 0 Å². The lowest BCUT2D eigenvalue weighted by molar-refractivity contribution is 0.629. The molecule has 0 spiro atoms. The summed E-state index contributed by atoms with van der Waals surface area (Å²) in [4.78, 5) is 12.3. The van der Waals surface area contributed by atoms with Gasteiger partial charge >= 0.3 is 0 Å². The van der Waals surface area contributed by atoms with E-state index in [4.69, 9.17) is 11.5 Å². The van der Waals surface area contributed by atoms with Gasteiger partial charge in [0.2, 0.25) is 5.95 Å². The van der Waals surface area contributed by atoms with E-state index >= 15 is 0 Å². The van der Waals surface area contributed by atoms with Crippen LogP contribution in [0.25, 0.3) is 16.7 Å². The number of hydrogen-bond donors (Lipinski definition) is 2. The summed E-state index contributed by atoms with van der Waals surface area (Å²) in [5.74, 6) is 0.748. The van der Waals surface area contributed by atoms with Crippen molar-refractivity contribution < 1.29 is 4.39 Å². The average molecular weight is 272 g/mol. The van der Waals surface area contributed by atoms with Gasteiger partial charge in [-0.05, 0) is 12.1 Å². The lowest BCUT2D eigenvalue weighted by Crippen LogP contribution is -2.08. The maximum absolute atomic E-state index is 13.5. The van der Waals surface area contributed by atoms with Crippen molar-refractivity contribution >= 4 is 22.8 Å². The van der Waals surface area contributed by atoms with Gasteiger partial charge < -0.3 is 11.5 Å². The molecular formula is C13H13FN6. The summed E-state index contributed by atoms with van der Waals surface area (Å²) in [5.41, 5.74) is 13.3. The van der Waals surface area contributed by atoms with E-state index in [0.717, 1.165) is 5.82 Å². The molecule has 3 aromatic rings. The Morgan fingerprint density at radius 1 is 1.25 bits per heavy atom. The van der Waals surface area contributed by atoms with E-state index in [9.17, 15) is 4.39 Å². The Balaban J connectivity index is 2.36. The van der Waals surface area contributed by atoms with Gasteiger partial charge in [0.05, 0.1) is 17.2 Å². The van der Waals surface area contributed by atoms with Gasteiger partial charge in [0.1, 0.15) is 17.3 Å². The number of aryl methyl sites for hydroxylation is 1. The monoisotopic (exact) mass is 272 g/mol. The molecule has 102 valence electrons. The zero-order chi connectivity index (χ0) is 14.3. The second kappa shape index (κ2) is 4.44. The van der Waals surface area contributed by atoms with E-state index in [2.05, 4.69) is 15.0 Å². The second-order valence-electron chi connectivity index (χ2n) is 4.35. The molecule has 2 aromatic heterocycles. The van der Waals surface area contributed by atoms with Crippen molar-refractivity contribution in [2.45, 2.75) is 13.3 Å². The number of anilines is 2. The van der Waals surface area contributed by atoms with Crippen LogP contribution in [0.3, 0.4) is 0 Å². The van der Waals surface area contributed by atoms with Gasteiger partial charge in [0.15, 0.2) is 5.82 Å². The Labute approximate surface area is 114 Å². The van der Waals surface area contributed by atoms with Crippen molar-refractivity contribution in [2.75, 3.05) is 11.5 Å². The third-order valence-electron chi connectivity index (χ3n) is 3.06. The SMILES string of the molecule is CCc1nc2ccc(F)cc2n1-c1cnc(N)nc1N. The Hall–Kier alpha value is -2.70. The predicted molar refractivity (Wildman–Crippen MR) is 74.8 cm³/mol. The largest absolute Gasteiger partial charge is 0.382 e. The Morgan fingerprint density at radius 3 is 2.75 bits per heavy atom. The van der Waals surface area contributed by atoms with Crippen molar-refractivity contribution in [2.24, 2.45) is 0 Å². The van der Waals surface area contributed by atoms with Gasteiger partial charge in [-0.15, -0.1) is 0 Å². The fourth-order valence-corrected chi connectivity index (χ4v) is 2.18. The number of imidazole rings is 1. The third kappa shape index (κ3) is 1.83. The molecule has 0 unspecified atom stereocenters. The average Bonchev–Trinajstić information content (AvgIpc) is 2.76. The quantitative estimate of drug-likeness (QED) is 0.740. The molecule has 6 nitrogen and oxygen atoms in total. The fraction of sp³-hybridized carbons (Fsp3) is 0.154. The molecule has 0 amide bonds. The predicted octanol–water partition coefficient (Wildman–Crippen LogP) is 1.68. The Morgan fingerprint density at radius 2 is 2.05 bits per heavy atom. The number of benzene rings is 1. The molecule has 0 atom stereocenters. The first-order chi connectivity index (χ1) is 9.60. The topological polar surface area (TPSA) is 95.6 Å². The zero-order valence-electron chi connectivity index (χ0n) is 10.8. The highest BCUT2D eigenvalue weighted by Gasteiger charge is 2.15. The molecule has 20 heavy (non-hydrogen) atoms. The number of rotatable bonds is 2. The summed E-state index contributed by atoms with van der Waals surface area (Å²) in [6.07, 6.45) is 2.18. The first-order valence-electron chi connectivity index (χ1n) is 6.15. The van der Waals surface area contributed by atoms with Crippen LogP contribution in [0, 0.1) is 5.82 Å². The van der Waals surface area contributed by atoms with Crippen LogP contribution in [0.2, 0.25) is 0 Å². The Bertz CT molecular complexity index is 795. The van der Waals surface area contributed by atoms with Crippen molar-refractivity contribution in [3.63, 3.8) is 0 Å². The molecular weight excluding hydrogens is 259 g/mol. The number of halogens is 1. The van der Waals surface area contributed by atoms with Gasteiger partial charge in [-0.1, -0.05) is 6.92 Å². The van der Waals surface area contributed by atoms with Crippen LogP contribution in [0.5, 0.6) is 0 Å². The first-order valence-corrected chi connectivity index (χ1v) is 6.15. The molecule has 2 heterocycles. The molecule has 4 N–H and O–H groups in total. The van der Waals surface area contributed by atoms with E-state index in [1.807, 2.05) is 6.92 Å². The smallest absolute Gasteiger partial charge is 0.222 e. The molecule has 0 fully saturated rings. The zero-order valence-corrected chi connectivity index (χ0v) is 10.8. The normalized spacial score (nSPS) is 11.1. The summed E-state index contributed by atoms with van der Waals surface area (Å²) in [6.45, 7) is 1.96. The first kappa shape index (κ1) is 12.3. The molecule has 0 bridgehead atoms. The number of nitrogen functional groups attached to an aromatic ring is 2. The highest BCUT2D eigenvalue weighted by molar-refractivity contribution is 5.79. The van der Waals surface area contributed by atoms with E-state index in [-0.39, 0.29) is 17.6 Å². The molecule has 0 aliphatic rings. The lowest BCUT2D eigenvalue weighted by atomic mass is 10.3. The minimum absolute atomic E-state index is 0.0971. The number of hydrogen-bond acceptors (Lipinski definition) is 5. The number of nitrogens with two attached hydrogens (primary N) is 2. The van der Waals surface area contributed by atoms with Crippen LogP contribution >= 0.6 is 0 Å². The van der Waals surface area contributed by atoms with E-state index < -0.39 is 0 Å². The summed E-state index contributed by atoms with van der Waals surface area (Å²) in [5, 5.41) is 0. The summed E-state index contributed by atoms with van der Waals surface area (Å²) >= 11 is 0. The van der Waals surface area contributed by atoms with Crippen LogP contribution in [-0.4, -0.2) is 19.5 Å². The lowest BCUT2D eigenvalue weighted by Gasteiger charge is -2.10. The molecule has 0 aliphatic carbocycles. The molecule has 0 radical (unpaired) electrons. The van der Waals surface area contributed by atoms with Crippen molar-refractivity contribution in [1.82, 2.24) is 19.5 Å². The highest BCUT2D eigenvalue weighted by Crippen LogP contribution is 2.25. The maximum Gasteiger partial charge on any atom is 0.222 e. The molecule has 1 aromatic carbocycles. The molecule has 7 heteroatoms. The maximum atomic E-state index is 13.5. The minimum Gasteiger partial charge on any atom is -0.382 e. The number of nitrogens with zero attached hydrogens (tertiary/aromatic N) is 4. The van der Waals surface area contributed by atoms with E-state index in [1.165, 1.54) is 18.3 Å². The summed E-state index contributed by atoms with van der Waals surface area (Å²) < 4.78 is 15.2. The molecule has 0 aliphatic heterocycles. The number of fused-ring (bicyclic) bond motifs is 1. The van der Waals surface area contributed by atoms with Crippen LogP contribution in [0.15, 0.2) is 24.4 Å². The molecule has 3 rings (SSSR count). The standard InChI is InChI=1S/C13H13FN6/c1-2-11-18-8-4-3-7(14)5-9(8)20(11)10-6-17-13(16)19-12(10)15/h3-6H,2H2,1H3,(H4,15,16,17,19). The van der Waals surface area contributed by atoms with Gasteiger partial charge in [-0.3, -0.25) is 4.57 Å². The fourth-order valence-electron chi connectivity index (χ4n) is 2.18. The third-order valence-corrected chi connectivity index (χ3v) is 3.06. The van der Waals surface area contributed by atoms with Crippen LogP contribution in [-0.2, 0) is 6.42 Å². The number of aromatic nitrogens is 4. The van der Waals surface area contributed by atoms with Crippen LogP contribution in [0.4, 0.5) is 16.2 Å². The summed E-state index contributed by atoms with van der Waals surface area (Å²) in [7, 11) is 0. The van der Waals surface area contributed by atoms with Crippen molar-refractivity contribution in [3.8, 4) is 5.69 Å². The van der Waals surface area contributed by atoms with Crippen molar-refractivity contribution in [3.05, 3.63) is 36.0 Å². The van der Waals surface area contributed by atoms with Gasteiger partial charge in [0, 0.05) is 12.5 Å². The molecule has 0 saturated heterocycles. The van der Waals surface area contributed by atoms with Crippen LogP contribution < -0.4 is 11.5 Å². The molecule has 0 saturated carbocycles. The minimum atomic E-state index is -0.337. The Kier molecular flexibility index (Phi) is 2.74. The van der Waals surface area contributed by atoms with E-state index in [0.29, 0.717) is 23.1 Å².